The topological polar surface area (TPSA) is 64.8 Å². The van der Waals surface area contributed by atoms with Crippen molar-refractivity contribution in [3.63, 3.8) is 0 Å². The SMILES string of the molecule is CCOC1CCN(c2sc(C(=O)CC)c(N)c2OC)CC1. The van der Waals surface area contributed by atoms with Crippen molar-refractivity contribution in [2.75, 3.05) is 37.4 Å². The Morgan fingerprint density at radius 1 is 1.38 bits per heavy atom. The number of ketones is 1. The molecule has 1 aromatic rings. The number of Topliss-reactive ketones (excluding diaryl/α,β-unsaturated/α-hetero) is 1. The second-order valence-corrected chi connectivity index (χ2v) is 6.10. The number of methoxy groups -OCH3 is 1. The number of hydrogen-bond acceptors (Lipinski definition) is 6. The van der Waals surface area contributed by atoms with Crippen molar-refractivity contribution in [1.82, 2.24) is 0 Å². The standard InChI is InChI=1S/C15H24N2O3S/c1-4-11(18)14-12(16)13(19-3)15(21-14)17-8-6-10(7-9-17)20-5-2/h10H,4-9,16H2,1-3H3. The van der Waals surface area contributed by atoms with Crippen LogP contribution in [0.2, 0.25) is 0 Å². The van der Waals surface area contributed by atoms with Gasteiger partial charge in [-0.1, -0.05) is 6.92 Å². The van der Waals surface area contributed by atoms with E-state index in [-0.39, 0.29) is 5.78 Å². The zero-order valence-electron chi connectivity index (χ0n) is 13.0. The van der Waals surface area contributed by atoms with E-state index in [0.717, 1.165) is 37.5 Å². The predicted octanol–water partition coefficient (Wildman–Crippen LogP) is 2.94. The smallest absolute Gasteiger partial charge is 0.177 e. The number of rotatable bonds is 6. The third-order valence-electron chi connectivity index (χ3n) is 3.79. The highest BCUT2D eigenvalue weighted by Gasteiger charge is 2.27. The Morgan fingerprint density at radius 2 is 2.05 bits per heavy atom. The Labute approximate surface area is 130 Å². The monoisotopic (exact) mass is 312 g/mol. The molecule has 5 nitrogen and oxygen atoms in total. The molecular formula is C15H24N2O3S. The summed E-state index contributed by atoms with van der Waals surface area (Å²) in [6, 6.07) is 0. The van der Waals surface area contributed by atoms with Gasteiger partial charge in [-0.3, -0.25) is 4.79 Å². The number of carbonyl (C=O) groups excluding carboxylic acids is 1. The molecule has 2 rings (SSSR count). The number of hydrogen-bond donors (Lipinski definition) is 1. The Kier molecular flexibility index (Phi) is 5.47. The first-order chi connectivity index (χ1) is 10.1. The van der Waals surface area contributed by atoms with E-state index in [1.807, 2.05) is 13.8 Å². The van der Waals surface area contributed by atoms with Crippen molar-refractivity contribution in [2.24, 2.45) is 0 Å². The van der Waals surface area contributed by atoms with Crippen LogP contribution >= 0.6 is 11.3 Å². The summed E-state index contributed by atoms with van der Waals surface area (Å²) in [6.07, 6.45) is 2.78. The van der Waals surface area contributed by atoms with Crippen LogP contribution in [0.4, 0.5) is 10.7 Å². The maximum atomic E-state index is 12.0. The Hall–Kier alpha value is -1.27. The lowest BCUT2D eigenvalue weighted by Crippen LogP contribution is -2.36. The van der Waals surface area contributed by atoms with Crippen molar-refractivity contribution in [3.05, 3.63) is 4.88 Å². The van der Waals surface area contributed by atoms with Crippen LogP contribution in [0, 0.1) is 0 Å². The zero-order valence-corrected chi connectivity index (χ0v) is 13.8. The van der Waals surface area contributed by atoms with Crippen molar-refractivity contribution in [1.29, 1.82) is 0 Å². The van der Waals surface area contributed by atoms with Crippen LogP contribution in [0.25, 0.3) is 0 Å². The molecule has 0 bridgehead atoms. The molecule has 6 heteroatoms. The van der Waals surface area contributed by atoms with Gasteiger partial charge in [-0.15, -0.1) is 11.3 Å². The summed E-state index contributed by atoms with van der Waals surface area (Å²) < 4.78 is 11.1. The highest BCUT2D eigenvalue weighted by Crippen LogP contribution is 2.45. The van der Waals surface area contributed by atoms with Crippen LogP contribution < -0.4 is 15.4 Å². The molecule has 0 spiro atoms. The Morgan fingerprint density at radius 3 is 2.57 bits per heavy atom. The van der Waals surface area contributed by atoms with Gasteiger partial charge in [0.25, 0.3) is 0 Å². The van der Waals surface area contributed by atoms with Crippen LogP contribution in [-0.2, 0) is 4.74 Å². The Balaban J connectivity index is 2.18. The first kappa shape index (κ1) is 16.1. The van der Waals surface area contributed by atoms with Crippen LogP contribution in [-0.4, -0.2) is 38.7 Å². The summed E-state index contributed by atoms with van der Waals surface area (Å²) >= 11 is 1.45. The lowest BCUT2D eigenvalue weighted by Gasteiger charge is -2.32. The minimum absolute atomic E-state index is 0.0752. The number of ether oxygens (including phenoxy) is 2. The summed E-state index contributed by atoms with van der Waals surface area (Å²) in [5.41, 5.74) is 6.57. The first-order valence-corrected chi connectivity index (χ1v) is 8.29. The van der Waals surface area contributed by atoms with Crippen molar-refractivity contribution < 1.29 is 14.3 Å². The van der Waals surface area contributed by atoms with E-state index in [1.165, 1.54) is 11.3 Å². The van der Waals surface area contributed by atoms with Crippen LogP contribution in [0.3, 0.4) is 0 Å². The summed E-state index contributed by atoms with van der Waals surface area (Å²) in [4.78, 5) is 14.8. The molecule has 0 saturated carbocycles. The van der Waals surface area contributed by atoms with E-state index >= 15 is 0 Å². The van der Waals surface area contributed by atoms with Gasteiger partial charge < -0.3 is 20.1 Å². The average molecular weight is 312 g/mol. The Bertz CT molecular complexity index is 493. The molecule has 0 aromatic carbocycles. The van der Waals surface area contributed by atoms with E-state index in [9.17, 15) is 4.79 Å². The highest BCUT2D eigenvalue weighted by molar-refractivity contribution is 7.19. The van der Waals surface area contributed by atoms with E-state index in [4.69, 9.17) is 15.2 Å². The molecule has 1 aliphatic rings. The van der Waals surface area contributed by atoms with E-state index in [1.54, 1.807) is 7.11 Å². The molecule has 0 aliphatic carbocycles. The molecule has 2 heterocycles. The number of nitrogen functional groups attached to an aromatic ring is 1. The number of piperidine rings is 1. The molecule has 21 heavy (non-hydrogen) atoms. The molecule has 2 N–H and O–H groups in total. The highest BCUT2D eigenvalue weighted by atomic mass is 32.1. The van der Waals surface area contributed by atoms with Crippen LogP contribution in [0.15, 0.2) is 0 Å². The lowest BCUT2D eigenvalue weighted by atomic mass is 10.1. The van der Waals surface area contributed by atoms with E-state index in [0.29, 0.717) is 28.8 Å². The van der Waals surface area contributed by atoms with Gasteiger partial charge in [-0.05, 0) is 19.8 Å². The number of carbonyl (C=O) groups is 1. The minimum Gasteiger partial charge on any atom is -0.492 e. The summed E-state index contributed by atoms with van der Waals surface area (Å²) in [6.45, 7) is 6.44. The van der Waals surface area contributed by atoms with Gasteiger partial charge >= 0.3 is 0 Å². The average Bonchev–Trinajstić information content (AvgIpc) is 2.84. The third-order valence-corrected chi connectivity index (χ3v) is 5.08. The van der Waals surface area contributed by atoms with Gasteiger partial charge in [0.2, 0.25) is 0 Å². The summed E-state index contributed by atoms with van der Waals surface area (Å²) in [5, 5.41) is 0.974. The van der Waals surface area contributed by atoms with Gasteiger partial charge in [0.1, 0.15) is 5.00 Å². The molecule has 1 saturated heterocycles. The predicted molar refractivity (Wildman–Crippen MR) is 86.8 cm³/mol. The van der Waals surface area contributed by atoms with E-state index < -0.39 is 0 Å². The van der Waals surface area contributed by atoms with Gasteiger partial charge in [0.05, 0.1) is 23.8 Å². The largest absolute Gasteiger partial charge is 0.492 e. The molecule has 0 unspecified atom stereocenters. The molecule has 0 amide bonds. The first-order valence-electron chi connectivity index (χ1n) is 7.48. The maximum Gasteiger partial charge on any atom is 0.177 e. The molecule has 1 aromatic heterocycles. The van der Waals surface area contributed by atoms with Gasteiger partial charge in [-0.2, -0.15) is 0 Å². The molecule has 118 valence electrons. The molecule has 1 aliphatic heterocycles. The summed E-state index contributed by atoms with van der Waals surface area (Å²) in [5.74, 6) is 0.720. The fraction of sp³-hybridized carbons (Fsp3) is 0.667. The molecular weight excluding hydrogens is 288 g/mol. The van der Waals surface area contributed by atoms with Crippen molar-refractivity contribution >= 4 is 27.8 Å². The second kappa shape index (κ2) is 7.13. The van der Waals surface area contributed by atoms with Gasteiger partial charge in [-0.25, -0.2) is 0 Å². The number of nitrogens with two attached hydrogens (primary N) is 1. The second-order valence-electron chi connectivity index (χ2n) is 5.10. The normalized spacial score (nSPS) is 16.2. The van der Waals surface area contributed by atoms with Crippen LogP contribution in [0.5, 0.6) is 5.75 Å². The third kappa shape index (κ3) is 3.32. The zero-order chi connectivity index (χ0) is 15.4. The van der Waals surface area contributed by atoms with Gasteiger partial charge in [0.15, 0.2) is 11.5 Å². The minimum atomic E-state index is 0.0752. The maximum absolute atomic E-state index is 12.0. The molecule has 0 atom stereocenters. The van der Waals surface area contributed by atoms with Gasteiger partial charge in [0, 0.05) is 26.1 Å². The van der Waals surface area contributed by atoms with Crippen LogP contribution in [0.1, 0.15) is 42.8 Å². The number of nitrogens with zero attached hydrogens (tertiary/aromatic N) is 1. The number of thiophene rings is 1. The summed E-state index contributed by atoms with van der Waals surface area (Å²) in [7, 11) is 1.61. The van der Waals surface area contributed by atoms with E-state index in [2.05, 4.69) is 4.90 Å². The van der Waals surface area contributed by atoms with Crippen molar-refractivity contribution in [2.45, 2.75) is 39.2 Å². The number of anilines is 2. The van der Waals surface area contributed by atoms with Crippen molar-refractivity contribution in [3.8, 4) is 5.75 Å². The lowest BCUT2D eigenvalue weighted by molar-refractivity contribution is 0.0459. The molecule has 0 radical (unpaired) electrons. The molecule has 1 fully saturated rings. The fourth-order valence-corrected chi connectivity index (χ4v) is 3.90. The fourth-order valence-electron chi connectivity index (χ4n) is 2.65. The quantitative estimate of drug-likeness (QED) is 0.818.